The Morgan fingerprint density at radius 2 is 2.00 bits per heavy atom. The summed E-state index contributed by atoms with van der Waals surface area (Å²) in [6.07, 6.45) is -2.42. The third kappa shape index (κ3) is 4.98. The van der Waals surface area contributed by atoms with Crippen LogP contribution >= 0.6 is 0 Å². The van der Waals surface area contributed by atoms with Gasteiger partial charge in [-0.2, -0.15) is 13.2 Å². The fraction of sp³-hybridized carbons (Fsp3) is 0.333. The zero-order chi connectivity index (χ0) is 24.3. The van der Waals surface area contributed by atoms with Crippen LogP contribution < -0.4 is 16.3 Å². The number of hydrogen-bond acceptors (Lipinski definition) is 5. The molecule has 1 atom stereocenters. The van der Waals surface area contributed by atoms with Gasteiger partial charge in [0.25, 0.3) is 0 Å². The molecule has 0 aliphatic carbocycles. The maximum absolute atomic E-state index is 12.9. The molecule has 33 heavy (non-hydrogen) atoms. The van der Waals surface area contributed by atoms with E-state index in [9.17, 15) is 18.0 Å². The van der Waals surface area contributed by atoms with Crippen molar-refractivity contribution in [2.24, 2.45) is 12.8 Å². The van der Waals surface area contributed by atoms with Gasteiger partial charge in [0.1, 0.15) is 5.52 Å². The monoisotopic (exact) mass is 462 g/mol. The minimum atomic E-state index is -5.08. The van der Waals surface area contributed by atoms with Gasteiger partial charge in [0.15, 0.2) is 11.3 Å². The minimum Gasteiger partial charge on any atom is -0.475 e. The van der Waals surface area contributed by atoms with Crippen LogP contribution in [0, 0.1) is 6.57 Å². The molecule has 2 aromatic heterocycles. The Kier molecular flexibility index (Phi) is 6.73. The summed E-state index contributed by atoms with van der Waals surface area (Å²) in [7, 11) is 1.73. The molecule has 3 heterocycles. The maximum Gasteiger partial charge on any atom is 0.490 e. The highest BCUT2D eigenvalue weighted by atomic mass is 19.4. The van der Waals surface area contributed by atoms with Gasteiger partial charge in [0.05, 0.1) is 12.3 Å². The summed E-state index contributed by atoms with van der Waals surface area (Å²) in [5, 5.41) is 7.12. The van der Waals surface area contributed by atoms with E-state index in [0.29, 0.717) is 17.9 Å². The highest BCUT2D eigenvalue weighted by molar-refractivity contribution is 5.87. The Hall–Kier alpha value is -3.85. The number of imidazole rings is 1. The zero-order valence-electron chi connectivity index (χ0n) is 17.6. The first kappa shape index (κ1) is 23.8. The average molecular weight is 462 g/mol. The Labute approximate surface area is 186 Å². The van der Waals surface area contributed by atoms with Crippen LogP contribution in [0.3, 0.4) is 0 Å². The fourth-order valence-electron chi connectivity index (χ4n) is 3.64. The lowest BCUT2D eigenvalue weighted by Crippen LogP contribution is -2.27. The predicted octanol–water partition coefficient (Wildman–Crippen LogP) is 2.50. The molecule has 3 aromatic rings. The van der Waals surface area contributed by atoms with Crippen molar-refractivity contribution >= 4 is 28.5 Å². The number of halogens is 3. The highest BCUT2D eigenvalue weighted by Gasteiger charge is 2.38. The van der Waals surface area contributed by atoms with Gasteiger partial charge in [-0.25, -0.2) is 19.4 Å². The molecule has 12 heteroatoms. The zero-order valence-corrected chi connectivity index (χ0v) is 17.6. The smallest absolute Gasteiger partial charge is 0.475 e. The molecular weight excluding hydrogens is 441 g/mol. The number of para-hydroxylation sites is 1. The number of aliphatic carboxylic acids is 1. The predicted molar refractivity (Wildman–Crippen MR) is 115 cm³/mol. The van der Waals surface area contributed by atoms with E-state index in [1.165, 1.54) is 0 Å². The van der Waals surface area contributed by atoms with Crippen LogP contribution in [0.4, 0.5) is 24.5 Å². The number of hydrogen-bond donors (Lipinski definition) is 2. The number of fused-ring (bicyclic) bond motifs is 1. The van der Waals surface area contributed by atoms with E-state index in [0.717, 1.165) is 36.3 Å². The topological polar surface area (TPSA) is 111 Å². The average Bonchev–Trinajstić information content (AvgIpc) is 3.31. The van der Waals surface area contributed by atoms with Gasteiger partial charge in [0, 0.05) is 38.9 Å². The largest absolute Gasteiger partial charge is 0.490 e. The number of carboxylic acid groups (broad SMARTS) is 1. The lowest BCUT2D eigenvalue weighted by Gasteiger charge is -2.20. The Morgan fingerprint density at radius 1 is 1.33 bits per heavy atom. The molecule has 4 rings (SSSR count). The van der Waals surface area contributed by atoms with Gasteiger partial charge in [-0.3, -0.25) is 9.13 Å². The minimum absolute atomic E-state index is 0.136. The molecule has 1 saturated heterocycles. The van der Waals surface area contributed by atoms with Crippen molar-refractivity contribution in [3.05, 3.63) is 64.0 Å². The number of benzene rings is 1. The Bertz CT molecular complexity index is 1270. The first-order valence-corrected chi connectivity index (χ1v) is 9.84. The SMILES string of the molecule is O=C(O)C(F)(F)F.[C-]#[N+]c1ccccc1Cn1c(=O)n(C)c2nccc(N3CC[C@@H](N)C3)c21. The van der Waals surface area contributed by atoms with E-state index in [-0.39, 0.29) is 11.7 Å². The van der Waals surface area contributed by atoms with Crippen LogP contribution in [0.25, 0.3) is 16.0 Å². The molecule has 174 valence electrons. The van der Waals surface area contributed by atoms with Crippen LogP contribution in [0.1, 0.15) is 12.0 Å². The van der Waals surface area contributed by atoms with Crippen LogP contribution in [0.15, 0.2) is 41.3 Å². The fourth-order valence-corrected chi connectivity index (χ4v) is 3.64. The van der Waals surface area contributed by atoms with Crippen LogP contribution in [0.5, 0.6) is 0 Å². The molecule has 0 bridgehead atoms. The number of aromatic nitrogens is 3. The van der Waals surface area contributed by atoms with Crippen molar-refractivity contribution in [2.45, 2.75) is 25.2 Å². The first-order chi connectivity index (χ1) is 15.5. The summed E-state index contributed by atoms with van der Waals surface area (Å²) in [6.45, 7) is 9.34. The van der Waals surface area contributed by atoms with Gasteiger partial charge < -0.3 is 15.7 Å². The first-order valence-electron chi connectivity index (χ1n) is 9.84. The van der Waals surface area contributed by atoms with Gasteiger partial charge in [-0.05, 0) is 18.1 Å². The molecular formula is C21H21F3N6O3. The molecule has 0 amide bonds. The second kappa shape index (κ2) is 9.33. The lowest BCUT2D eigenvalue weighted by atomic mass is 10.2. The molecule has 9 nitrogen and oxygen atoms in total. The van der Waals surface area contributed by atoms with Crippen molar-refractivity contribution in [2.75, 3.05) is 18.0 Å². The van der Waals surface area contributed by atoms with Crippen molar-refractivity contribution in [3.8, 4) is 0 Å². The number of nitrogens with two attached hydrogens (primary N) is 1. The molecule has 1 fully saturated rings. The molecule has 0 unspecified atom stereocenters. The van der Waals surface area contributed by atoms with E-state index >= 15 is 0 Å². The number of nitrogens with zero attached hydrogens (tertiary/aromatic N) is 5. The van der Waals surface area contributed by atoms with Crippen LogP contribution in [0.2, 0.25) is 0 Å². The van der Waals surface area contributed by atoms with E-state index in [4.69, 9.17) is 22.2 Å². The number of carbonyl (C=O) groups is 1. The van der Waals surface area contributed by atoms with E-state index in [2.05, 4.69) is 14.7 Å². The molecule has 1 aliphatic rings. The van der Waals surface area contributed by atoms with Crippen molar-refractivity contribution in [1.29, 1.82) is 0 Å². The quantitative estimate of drug-likeness (QED) is 0.579. The van der Waals surface area contributed by atoms with Crippen molar-refractivity contribution < 1.29 is 23.1 Å². The second-order valence-electron chi connectivity index (χ2n) is 7.47. The summed E-state index contributed by atoms with van der Waals surface area (Å²) in [5.74, 6) is -2.76. The number of anilines is 1. The maximum atomic E-state index is 12.9. The Morgan fingerprint density at radius 3 is 2.58 bits per heavy atom. The van der Waals surface area contributed by atoms with Crippen molar-refractivity contribution in [1.82, 2.24) is 14.1 Å². The molecule has 0 radical (unpaired) electrons. The number of alkyl halides is 3. The summed E-state index contributed by atoms with van der Waals surface area (Å²) < 4.78 is 35.0. The normalized spacial score (nSPS) is 15.8. The summed E-state index contributed by atoms with van der Waals surface area (Å²) >= 11 is 0. The van der Waals surface area contributed by atoms with E-state index in [1.807, 2.05) is 24.3 Å². The van der Waals surface area contributed by atoms with Crippen LogP contribution in [-0.2, 0) is 18.4 Å². The van der Waals surface area contributed by atoms with Gasteiger partial charge >= 0.3 is 17.8 Å². The molecule has 1 aliphatic heterocycles. The van der Waals surface area contributed by atoms with E-state index < -0.39 is 12.1 Å². The molecule has 0 saturated carbocycles. The van der Waals surface area contributed by atoms with Gasteiger partial charge in [-0.15, -0.1) is 0 Å². The second-order valence-corrected chi connectivity index (χ2v) is 7.47. The van der Waals surface area contributed by atoms with Gasteiger partial charge in [-0.1, -0.05) is 24.3 Å². The van der Waals surface area contributed by atoms with E-state index in [1.54, 1.807) is 28.4 Å². The standard InChI is InChI=1S/C19H20N6O.C2HF3O2/c1-21-15-6-4-3-5-13(15)11-25-17-16(24-10-8-14(20)12-24)7-9-22-18(17)23(2)19(25)26;3-2(4,5)1(6)7/h3-7,9,14H,8,10-12,20H2,2H3;(H,6,7)/t14-;/m1./s1. The Balaban J connectivity index is 0.000000383. The van der Waals surface area contributed by atoms with Crippen LogP contribution in [-0.4, -0.2) is 50.5 Å². The number of aryl methyl sites for hydroxylation is 1. The number of carboxylic acids is 1. The van der Waals surface area contributed by atoms with Crippen molar-refractivity contribution in [3.63, 3.8) is 0 Å². The summed E-state index contributed by atoms with van der Waals surface area (Å²) in [5.41, 5.74) is 9.74. The number of rotatable bonds is 3. The number of pyridine rings is 1. The molecule has 1 aromatic carbocycles. The molecule has 0 spiro atoms. The highest BCUT2D eigenvalue weighted by Crippen LogP contribution is 2.29. The lowest BCUT2D eigenvalue weighted by molar-refractivity contribution is -0.192. The summed E-state index contributed by atoms with van der Waals surface area (Å²) in [6, 6.07) is 9.47. The third-order valence-electron chi connectivity index (χ3n) is 5.24. The molecule has 3 N–H and O–H groups in total. The third-order valence-corrected chi connectivity index (χ3v) is 5.24. The van der Waals surface area contributed by atoms with Gasteiger partial charge in [0.2, 0.25) is 0 Å². The summed E-state index contributed by atoms with van der Waals surface area (Å²) in [4.78, 5) is 32.0.